The minimum absolute atomic E-state index is 0.0513. The quantitative estimate of drug-likeness (QED) is 0.751. The summed E-state index contributed by atoms with van der Waals surface area (Å²) in [6.07, 6.45) is 4.81. The van der Waals surface area contributed by atoms with Gasteiger partial charge in [-0.25, -0.2) is 4.98 Å². The van der Waals surface area contributed by atoms with Gasteiger partial charge in [-0.15, -0.1) is 0 Å². The number of nitrogens with zero attached hydrogens (tertiary/aromatic N) is 2. The monoisotopic (exact) mass is 236 g/mol. The zero-order valence-electron chi connectivity index (χ0n) is 10.6. The number of aromatic nitrogens is 1. The van der Waals surface area contributed by atoms with Gasteiger partial charge in [-0.05, 0) is 38.4 Å². The molecule has 4 nitrogen and oxygen atoms in total. The van der Waals surface area contributed by atoms with Crippen LogP contribution in [-0.4, -0.2) is 35.3 Å². The van der Waals surface area contributed by atoms with Crippen molar-refractivity contribution in [3.63, 3.8) is 0 Å². The third kappa shape index (κ3) is 3.16. The van der Waals surface area contributed by atoms with E-state index in [0.717, 1.165) is 13.0 Å². The van der Waals surface area contributed by atoms with Crippen molar-refractivity contribution in [3.8, 4) is 0 Å². The summed E-state index contributed by atoms with van der Waals surface area (Å²) < 4.78 is 5.43. The van der Waals surface area contributed by atoms with Gasteiger partial charge in [0.05, 0.1) is 6.20 Å². The maximum absolute atomic E-state index is 11.1. The van der Waals surface area contributed by atoms with Crippen molar-refractivity contribution >= 4 is 5.78 Å². The van der Waals surface area contributed by atoms with Crippen LogP contribution >= 0.6 is 0 Å². The Morgan fingerprint density at radius 1 is 1.53 bits per heavy atom. The minimum atomic E-state index is -0.0513. The zero-order valence-corrected chi connectivity index (χ0v) is 10.6. The number of hydrogen-bond donors (Lipinski definition) is 0. The molecule has 1 aromatic rings. The predicted octanol–water partition coefficient (Wildman–Crippen LogP) is 2.15. The molecule has 0 aliphatic carbocycles. The van der Waals surface area contributed by atoms with Crippen LogP contribution in [-0.2, 0) is 6.42 Å². The SMILES string of the molecule is CCN1CCC(Cc2ncc(C(C)=O)o2)CC1. The smallest absolute Gasteiger partial charge is 0.196 e. The van der Waals surface area contributed by atoms with E-state index in [2.05, 4.69) is 16.8 Å². The lowest BCUT2D eigenvalue weighted by Crippen LogP contribution is -2.34. The molecule has 1 aromatic heterocycles. The van der Waals surface area contributed by atoms with Gasteiger partial charge in [0, 0.05) is 13.3 Å². The minimum Gasteiger partial charge on any atom is -0.438 e. The summed E-state index contributed by atoms with van der Waals surface area (Å²) in [4.78, 5) is 17.7. The molecular weight excluding hydrogens is 216 g/mol. The Bertz CT molecular complexity index is 379. The highest BCUT2D eigenvalue weighted by Gasteiger charge is 2.20. The van der Waals surface area contributed by atoms with Gasteiger partial charge < -0.3 is 9.32 Å². The first-order chi connectivity index (χ1) is 8.19. The van der Waals surface area contributed by atoms with Gasteiger partial charge in [-0.1, -0.05) is 6.92 Å². The number of hydrogen-bond acceptors (Lipinski definition) is 4. The van der Waals surface area contributed by atoms with E-state index in [1.165, 1.54) is 32.9 Å². The standard InChI is InChI=1S/C13H20N2O2/c1-3-15-6-4-11(5-7-15)8-13-14-9-12(17-13)10(2)16/h9,11H,3-8H2,1-2H3. The van der Waals surface area contributed by atoms with Gasteiger partial charge in [0.1, 0.15) is 0 Å². The van der Waals surface area contributed by atoms with E-state index >= 15 is 0 Å². The molecule has 0 bridgehead atoms. The first-order valence-corrected chi connectivity index (χ1v) is 6.37. The summed E-state index contributed by atoms with van der Waals surface area (Å²) in [5, 5.41) is 0. The first-order valence-electron chi connectivity index (χ1n) is 6.37. The van der Waals surface area contributed by atoms with Crippen LogP contribution in [0.15, 0.2) is 10.6 Å². The van der Waals surface area contributed by atoms with E-state index < -0.39 is 0 Å². The molecule has 0 radical (unpaired) electrons. The van der Waals surface area contributed by atoms with Crippen LogP contribution in [0, 0.1) is 5.92 Å². The van der Waals surface area contributed by atoms with Crippen molar-refractivity contribution < 1.29 is 9.21 Å². The topological polar surface area (TPSA) is 46.3 Å². The van der Waals surface area contributed by atoms with E-state index in [0.29, 0.717) is 17.6 Å². The van der Waals surface area contributed by atoms with E-state index in [1.54, 1.807) is 6.20 Å². The van der Waals surface area contributed by atoms with Crippen LogP contribution < -0.4 is 0 Å². The van der Waals surface area contributed by atoms with E-state index in [4.69, 9.17) is 4.42 Å². The molecule has 1 aliphatic rings. The van der Waals surface area contributed by atoms with Crippen molar-refractivity contribution in [3.05, 3.63) is 17.8 Å². The lowest BCUT2D eigenvalue weighted by molar-refractivity contribution is 0.0984. The Balaban J connectivity index is 1.86. The van der Waals surface area contributed by atoms with Gasteiger partial charge in [-0.2, -0.15) is 0 Å². The maximum atomic E-state index is 11.1. The first kappa shape index (κ1) is 12.3. The molecule has 94 valence electrons. The summed E-state index contributed by atoms with van der Waals surface area (Å²) in [7, 11) is 0. The molecule has 4 heteroatoms. The van der Waals surface area contributed by atoms with Gasteiger partial charge in [0.15, 0.2) is 17.4 Å². The molecule has 2 heterocycles. The molecule has 0 atom stereocenters. The Hall–Kier alpha value is -1.16. The molecular formula is C13H20N2O2. The van der Waals surface area contributed by atoms with E-state index in [-0.39, 0.29) is 5.78 Å². The molecule has 2 rings (SSSR count). The number of carbonyl (C=O) groups excluding carboxylic acids is 1. The normalized spacial score (nSPS) is 18.5. The lowest BCUT2D eigenvalue weighted by atomic mass is 9.93. The molecule has 0 saturated carbocycles. The largest absolute Gasteiger partial charge is 0.438 e. The molecule has 1 fully saturated rings. The number of Topliss-reactive ketones (excluding diaryl/α,β-unsaturated/α-hetero) is 1. The molecule has 0 unspecified atom stereocenters. The van der Waals surface area contributed by atoms with Crippen LogP contribution in [0.2, 0.25) is 0 Å². The van der Waals surface area contributed by atoms with Crippen LogP contribution in [0.25, 0.3) is 0 Å². The highest BCUT2D eigenvalue weighted by atomic mass is 16.4. The van der Waals surface area contributed by atoms with Crippen molar-refractivity contribution in [1.29, 1.82) is 0 Å². The summed E-state index contributed by atoms with van der Waals surface area (Å²) in [6, 6.07) is 0. The third-order valence-corrected chi connectivity index (χ3v) is 3.52. The maximum Gasteiger partial charge on any atom is 0.196 e. The van der Waals surface area contributed by atoms with Gasteiger partial charge >= 0.3 is 0 Å². The number of oxazole rings is 1. The fraction of sp³-hybridized carbons (Fsp3) is 0.692. The second kappa shape index (κ2) is 5.45. The molecule has 1 aliphatic heterocycles. The van der Waals surface area contributed by atoms with E-state index in [1.807, 2.05) is 0 Å². The predicted molar refractivity (Wildman–Crippen MR) is 65.0 cm³/mol. The Morgan fingerprint density at radius 2 is 2.24 bits per heavy atom. The molecule has 0 amide bonds. The average molecular weight is 236 g/mol. The molecule has 0 N–H and O–H groups in total. The van der Waals surface area contributed by atoms with Gasteiger partial charge in [0.25, 0.3) is 0 Å². The summed E-state index contributed by atoms with van der Waals surface area (Å²) in [5.41, 5.74) is 0. The van der Waals surface area contributed by atoms with Gasteiger partial charge in [-0.3, -0.25) is 4.79 Å². The summed E-state index contributed by atoms with van der Waals surface area (Å²) >= 11 is 0. The van der Waals surface area contributed by atoms with Gasteiger partial charge in [0.2, 0.25) is 0 Å². The van der Waals surface area contributed by atoms with Crippen molar-refractivity contribution in [2.24, 2.45) is 5.92 Å². The Labute approximate surface area is 102 Å². The van der Waals surface area contributed by atoms with Crippen LogP contribution in [0.4, 0.5) is 0 Å². The average Bonchev–Trinajstić information content (AvgIpc) is 2.79. The number of rotatable bonds is 4. The summed E-state index contributed by atoms with van der Waals surface area (Å²) in [6.45, 7) is 7.18. The lowest BCUT2D eigenvalue weighted by Gasteiger charge is -2.30. The molecule has 17 heavy (non-hydrogen) atoms. The molecule has 1 saturated heterocycles. The third-order valence-electron chi connectivity index (χ3n) is 3.52. The van der Waals surface area contributed by atoms with Crippen molar-refractivity contribution in [2.45, 2.75) is 33.1 Å². The van der Waals surface area contributed by atoms with Crippen LogP contribution in [0.1, 0.15) is 43.1 Å². The van der Waals surface area contributed by atoms with Crippen LogP contribution in [0.3, 0.4) is 0 Å². The van der Waals surface area contributed by atoms with E-state index in [9.17, 15) is 4.79 Å². The van der Waals surface area contributed by atoms with Crippen molar-refractivity contribution in [2.75, 3.05) is 19.6 Å². The molecule has 0 aromatic carbocycles. The fourth-order valence-corrected chi connectivity index (χ4v) is 2.32. The number of carbonyl (C=O) groups is 1. The second-order valence-electron chi connectivity index (χ2n) is 4.76. The number of likely N-dealkylation sites (tertiary alicyclic amines) is 1. The summed E-state index contributed by atoms with van der Waals surface area (Å²) in [5.74, 6) is 1.69. The highest BCUT2D eigenvalue weighted by Crippen LogP contribution is 2.21. The second-order valence-corrected chi connectivity index (χ2v) is 4.76. The highest BCUT2D eigenvalue weighted by molar-refractivity contribution is 5.90. The zero-order chi connectivity index (χ0) is 12.3. The Morgan fingerprint density at radius 3 is 2.76 bits per heavy atom. The number of ketones is 1. The molecule has 0 spiro atoms. The van der Waals surface area contributed by atoms with Crippen molar-refractivity contribution in [1.82, 2.24) is 9.88 Å². The number of piperidine rings is 1. The Kier molecular flexibility index (Phi) is 3.94. The van der Waals surface area contributed by atoms with Crippen LogP contribution in [0.5, 0.6) is 0 Å². The fourth-order valence-electron chi connectivity index (χ4n) is 2.32.